The van der Waals surface area contributed by atoms with Crippen molar-refractivity contribution in [3.8, 4) is 5.75 Å². The lowest BCUT2D eigenvalue weighted by atomic mass is 10.0. The Bertz CT molecular complexity index is 472. The van der Waals surface area contributed by atoms with E-state index in [1.54, 1.807) is 7.11 Å². The molecule has 1 aromatic rings. The zero-order chi connectivity index (χ0) is 16.0. The molecule has 0 radical (unpaired) electrons. The molecule has 0 aliphatic carbocycles. The second-order valence-corrected chi connectivity index (χ2v) is 6.11. The van der Waals surface area contributed by atoms with Gasteiger partial charge in [0.1, 0.15) is 5.75 Å². The third-order valence-corrected chi connectivity index (χ3v) is 3.83. The monoisotopic (exact) mass is 292 g/mol. The van der Waals surface area contributed by atoms with Gasteiger partial charge in [0.15, 0.2) is 0 Å². The van der Waals surface area contributed by atoms with Crippen LogP contribution in [0.4, 0.5) is 0 Å². The third-order valence-electron chi connectivity index (χ3n) is 3.83. The standard InChI is InChI=1S/C17H28N2O2/c1-7-17(4,5)19-16(20)13(3)18-12(2)14-9-8-10-15(11-14)21-6/h8-13,18H,7H2,1-6H3,(H,19,20)/t12-,13?/m1/s1. The third kappa shape index (κ3) is 5.38. The van der Waals surface area contributed by atoms with Gasteiger partial charge in [-0.25, -0.2) is 0 Å². The Hall–Kier alpha value is -1.55. The highest BCUT2D eigenvalue weighted by atomic mass is 16.5. The van der Waals surface area contributed by atoms with E-state index < -0.39 is 0 Å². The molecular weight excluding hydrogens is 264 g/mol. The maximum atomic E-state index is 12.2. The summed E-state index contributed by atoms with van der Waals surface area (Å²) >= 11 is 0. The van der Waals surface area contributed by atoms with Crippen molar-refractivity contribution >= 4 is 5.91 Å². The van der Waals surface area contributed by atoms with Gasteiger partial charge < -0.3 is 10.1 Å². The molecular formula is C17H28N2O2. The summed E-state index contributed by atoms with van der Waals surface area (Å²) in [5.74, 6) is 0.849. The van der Waals surface area contributed by atoms with Crippen LogP contribution in [0, 0.1) is 0 Å². The first-order valence-electron chi connectivity index (χ1n) is 7.51. The van der Waals surface area contributed by atoms with Crippen molar-refractivity contribution in [3.63, 3.8) is 0 Å². The van der Waals surface area contributed by atoms with Crippen molar-refractivity contribution in [2.24, 2.45) is 0 Å². The van der Waals surface area contributed by atoms with E-state index in [1.807, 2.05) is 52.0 Å². The first-order chi connectivity index (χ1) is 9.79. The molecule has 0 saturated heterocycles. The van der Waals surface area contributed by atoms with Crippen LogP contribution in [0.2, 0.25) is 0 Å². The minimum Gasteiger partial charge on any atom is -0.497 e. The predicted molar refractivity (Wildman–Crippen MR) is 86.5 cm³/mol. The molecule has 0 aliphatic heterocycles. The van der Waals surface area contributed by atoms with Crippen LogP contribution in [0.1, 0.15) is 52.6 Å². The number of hydrogen-bond donors (Lipinski definition) is 2. The van der Waals surface area contributed by atoms with Gasteiger partial charge in [-0.15, -0.1) is 0 Å². The molecule has 118 valence electrons. The van der Waals surface area contributed by atoms with Gasteiger partial charge >= 0.3 is 0 Å². The van der Waals surface area contributed by atoms with Gasteiger partial charge in [0, 0.05) is 11.6 Å². The molecule has 1 aromatic carbocycles. The quantitative estimate of drug-likeness (QED) is 0.812. The van der Waals surface area contributed by atoms with Crippen LogP contribution in [0.25, 0.3) is 0 Å². The van der Waals surface area contributed by atoms with Crippen LogP contribution >= 0.6 is 0 Å². The van der Waals surface area contributed by atoms with Gasteiger partial charge in [-0.1, -0.05) is 19.1 Å². The van der Waals surface area contributed by atoms with Crippen LogP contribution in [0.3, 0.4) is 0 Å². The molecule has 0 fully saturated rings. The highest BCUT2D eigenvalue weighted by Gasteiger charge is 2.22. The van der Waals surface area contributed by atoms with Gasteiger partial charge in [0.2, 0.25) is 5.91 Å². The summed E-state index contributed by atoms with van der Waals surface area (Å²) < 4.78 is 5.23. The van der Waals surface area contributed by atoms with Crippen LogP contribution < -0.4 is 15.4 Å². The first kappa shape index (κ1) is 17.5. The number of benzene rings is 1. The molecule has 0 aliphatic rings. The predicted octanol–water partition coefficient (Wildman–Crippen LogP) is 3.04. The average Bonchev–Trinajstić information content (AvgIpc) is 2.46. The van der Waals surface area contributed by atoms with Crippen molar-refractivity contribution in [1.82, 2.24) is 10.6 Å². The van der Waals surface area contributed by atoms with E-state index in [2.05, 4.69) is 17.6 Å². The summed E-state index contributed by atoms with van der Waals surface area (Å²) in [5.41, 5.74) is 0.926. The van der Waals surface area contributed by atoms with E-state index in [1.165, 1.54) is 0 Å². The molecule has 21 heavy (non-hydrogen) atoms. The summed E-state index contributed by atoms with van der Waals surface area (Å²) in [6.07, 6.45) is 0.900. The highest BCUT2D eigenvalue weighted by molar-refractivity contribution is 5.82. The number of hydrogen-bond acceptors (Lipinski definition) is 3. The Morgan fingerprint density at radius 2 is 2.00 bits per heavy atom. The van der Waals surface area contributed by atoms with Crippen molar-refractivity contribution in [3.05, 3.63) is 29.8 Å². The fourth-order valence-corrected chi connectivity index (χ4v) is 1.99. The van der Waals surface area contributed by atoms with Crippen molar-refractivity contribution < 1.29 is 9.53 Å². The number of ether oxygens (including phenoxy) is 1. The molecule has 0 heterocycles. The zero-order valence-electron chi connectivity index (χ0n) is 14.0. The Labute approximate surface area is 128 Å². The number of amides is 1. The van der Waals surface area contributed by atoms with Gasteiger partial charge in [-0.2, -0.15) is 0 Å². The molecule has 2 N–H and O–H groups in total. The number of nitrogens with one attached hydrogen (secondary N) is 2. The molecule has 0 bridgehead atoms. The largest absolute Gasteiger partial charge is 0.497 e. The van der Waals surface area contributed by atoms with E-state index in [4.69, 9.17) is 4.74 Å². The van der Waals surface area contributed by atoms with Crippen LogP contribution in [0.5, 0.6) is 5.75 Å². The first-order valence-corrected chi connectivity index (χ1v) is 7.51. The van der Waals surface area contributed by atoms with Crippen molar-refractivity contribution in [2.75, 3.05) is 7.11 Å². The molecule has 1 unspecified atom stereocenters. The van der Waals surface area contributed by atoms with Gasteiger partial charge in [-0.3, -0.25) is 10.1 Å². The normalized spacial score (nSPS) is 14.4. The summed E-state index contributed by atoms with van der Waals surface area (Å²) in [6.45, 7) is 10.1. The molecule has 0 aromatic heterocycles. The van der Waals surface area contributed by atoms with Gasteiger partial charge in [-0.05, 0) is 51.8 Å². The molecule has 1 amide bonds. The van der Waals surface area contributed by atoms with E-state index >= 15 is 0 Å². The van der Waals surface area contributed by atoms with E-state index in [0.717, 1.165) is 17.7 Å². The topological polar surface area (TPSA) is 50.4 Å². The van der Waals surface area contributed by atoms with Gasteiger partial charge in [0.25, 0.3) is 0 Å². The number of carbonyl (C=O) groups excluding carboxylic acids is 1. The molecule has 0 saturated carbocycles. The van der Waals surface area contributed by atoms with Crippen molar-refractivity contribution in [1.29, 1.82) is 0 Å². The molecule has 4 nitrogen and oxygen atoms in total. The smallest absolute Gasteiger partial charge is 0.237 e. The molecule has 2 atom stereocenters. The molecule has 0 spiro atoms. The Morgan fingerprint density at radius 1 is 1.33 bits per heavy atom. The Kier molecular flexibility index (Phi) is 6.21. The number of carbonyl (C=O) groups is 1. The zero-order valence-corrected chi connectivity index (χ0v) is 14.0. The lowest BCUT2D eigenvalue weighted by molar-refractivity contribution is -0.124. The van der Waals surface area contributed by atoms with E-state index in [0.29, 0.717) is 0 Å². The number of rotatable bonds is 7. The lowest BCUT2D eigenvalue weighted by Crippen LogP contribution is -2.51. The fourth-order valence-electron chi connectivity index (χ4n) is 1.99. The van der Waals surface area contributed by atoms with Crippen molar-refractivity contribution in [2.45, 2.75) is 58.7 Å². The van der Waals surface area contributed by atoms with E-state index in [-0.39, 0.29) is 23.5 Å². The van der Waals surface area contributed by atoms with E-state index in [9.17, 15) is 4.79 Å². The summed E-state index contributed by atoms with van der Waals surface area (Å²) in [5, 5.41) is 6.39. The van der Waals surface area contributed by atoms with Crippen LogP contribution in [-0.4, -0.2) is 24.6 Å². The maximum absolute atomic E-state index is 12.2. The maximum Gasteiger partial charge on any atom is 0.237 e. The minimum absolute atomic E-state index is 0.0246. The molecule has 1 rings (SSSR count). The molecule has 4 heteroatoms. The Balaban J connectivity index is 2.64. The highest BCUT2D eigenvalue weighted by Crippen LogP contribution is 2.19. The summed E-state index contributed by atoms with van der Waals surface area (Å²) in [4.78, 5) is 12.2. The average molecular weight is 292 g/mol. The second kappa shape index (κ2) is 7.46. The van der Waals surface area contributed by atoms with Gasteiger partial charge in [0.05, 0.1) is 13.2 Å². The van der Waals surface area contributed by atoms with Crippen LogP contribution in [0.15, 0.2) is 24.3 Å². The number of methoxy groups -OCH3 is 1. The summed E-state index contributed by atoms with van der Waals surface area (Å²) in [7, 11) is 1.65. The SMILES string of the molecule is CCC(C)(C)NC(=O)C(C)N[C@H](C)c1cccc(OC)c1. The second-order valence-electron chi connectivity index (χ2n) is 6.11. The van der Waals surface area contributed by atoms with Crippen LogP contribution in [-0.2, 0) is 4.79 Å². The Morgan fingerprint density at radius 3 is 2.57 bits per heavy atom. The minimum atomic E-state index is -0.253. The lowest BCUT2D eigenvalue weighted by Gasteiger charge is -2.28. The fraction of sp³-hybridized carbons (Fsp3) is 0.588. The summed E-state index contributed by atoms with van der Waals surface area (Å²) in [6, 6.07) is 7.70.